The molecule has 0 bridgehead atoms. The third kappa shape index (κ3) is 4.43. The first kappa shape index (κ1) is 12.8. The third-order valence-electron chi connectivity index (χ3n) is 1.60. The van der Waals surface area contributed by atoms with E-state index in [1.54, 1.807) is 18.2 Å². The Labute approximate surface area is 102 Å². The van der Waals surface area contributed by atoms with Crippen LogP contribution in [0.5, 0.6) is 0 Å². The van der Waals surface area contributed by atoms with Gasteiger partial charge in [0.1, 0.15) is 5.83 Å². The summed E-state index contributed by atoms with van der Waals surface area (Å²) in [6.45, 7) is 0.209. The van der Waals surface area contributed by atoms with Crippen molar-refractivity contribution in [3.05, 3.63) is 40.1 Å². The van der Waals surface area contributed by atoms with Crippen molar-refractivity contribution < 1.29 is 4.39 Å². The summed E-state index contributed by atoms with van der Waals surface area (Å²) < 4.78 is 13.0. The van der Waals surface area contributed by atoms with E-state index in [0.29, 0.717) is 10.0 Å². The van der Waals surface area contributed by atoms with Crippen LogP contribution in [0, 0.1) is 0 Å². The second kappa shape index (κ2) is 6.38. The van der Waals surface area contributed by atoms with Crippen molar-refractivity contribution in [1.82, 2.24) is 0 Å². The number of halogens is 3. The molecule has 0 amide bonds. The van der Waals surface area contributed by atoms with Crippen molar-refractivity contribution in [3.63, 3.8) is 0 Å². The summed E-state index contributed by atoms with van der Waals surface area (Å²) in [5.41, 5.74) is 5.18. The van der Waals surface area contributed by atoms with Crippen LogP contribution in [0.4, 0.5) is 4.39 Å². The van der Waals surface area contributed by atoms with Gasteiger partial charge in [-0.1, -0.05) is 23.2 Å². The van der Waals surface area contributed by atoms with Crippen LogP contribution in [0.25, 0.3) is 0 Å². The van der Waals surface area contributed by atoms with Crippen LogP contribution in [0.3, 0.4) is 0 Å². The minimum atomic E-state index is -0.242. The van der Waals surface area contributed by atoms with Crippen molar-refractivity contribution in [1.29, 1.82) is 0 Å². The van der Waals surface area contributed by atoms with E-state index < -0.39 is 0 Å². The normalized spacial score (nSPS) is 11.9. The van der Waals surface area contributed by atoms with Gasteiger partial charge in [0, 0.05) is 22.2 Å². The van der Waals surface area contributed by atoms with E-state index in [0.717, 1.165) is 4.90 Å². The van der Waals surface area contributed by atoms with Crippen LogP contribution in [-0.4, -0.2) is 12.3 Å². The summed E-state index contributed by atoms with van der Waals surface area (Å²) >= 11 is 13.0. The van der Waals surface area contributed by atoms with Gasteiger partial charge >= 0.3 is 0 Å². The van der Waals surface area contributed by atoms with Crippen LogP contribution in [0.2, 0.25) is 10.0 Å². The van der Waals surface area contributed by atoms with Crippen molar-refractivity contribution in [2.45, 2.75) is 4.90 Å². The van der Waals surface area contributed by atoms with Gasteiger partial charge < -0.3 is 5.73 Å². The fourth-order valence-corrected chi connectivity index (χ4v) is 2.27. The number of hydrogen-bond acceptors (Lipinski definition) is 2. The summed E-state index contributed by atoms with van der Waals surface area (Å²) in [6, 6.07) is 5.13. The predicted octanol–water partition coefficient (Wildman–Crippen LogP) is 3.90. The number of thioether (sulfide) groups is 1. The smallest absolute Gasteiger partial charge is 0.107 e. The van der Waals surface area contributed by atoms with Gasteiger partial charge in [-0.25, -0.2) is 4.39 Å². The average molecular weight is 266 g/mol. The molecule has 82 valence electrons. The van der Waals surface area contributed by atoms with Gasteiger partial charge in [-0.3, -0.25) is 0 Å². The van der Waals surface area contributed by atoms with Gasteiger partial charge in [-0.15, -0.1) is 11.8 Å². The van der Waals surface area contributed by atoms with Crippen LogP contribution >= 0.6 is 35.0 Å². The molecule has 0 saturated heterocycles. The summed E-state index contributed by atoms with van der Waals surface area (Å²) in [6.07, 6.45) is 1.34. The third-order valence-corrected chi connectivity index (χ3v) is 3.35. The molecule has 1 aromatic rings. The van der Waals surface area contributed by atoms with Crippen molar-refractivity contribution in [2.24, 2.45) is 5.73 Å². The summed E-state index contributed by atoms with van der Waals surface area (Å²) in [7, 11) is 0. The standard InChI is InChI=1S/C10H10Cl2FNS/c11-7-1-2-10(9(12)5-7)15-6-8(13)3-4-14/h1-3,5H,4,6,14H2/b8-3-. The minimum absolute atomic E-state index is 0.209. The molecule has 0 aromatic heterocycles. The molecule has 0 spiro atoms. The highest BCUT2D eigenvalue weighted by molar-refractivity contribution is 7.99. The zero-order valence-corrected chi connectivity index (χ0v) is 10.2. The van der Waals surface area contributed by atoms with Gasteiger partial charge in [0.25, 0.3) is 0 Å². The van der Waals surface area contributed by atoms with E-state index in [1.165, 1.54) is 17.8 Å². The number of nitrogens with two attached hydrogens (primary N) is 1. The summed E-state index contributed by atoms with van der Waals surface area (Å²) in [4.78, 5) is 0.807. The van der Waals surface area contributed by atoms with Gasteiger partial charge in [-0.2, -0.15) is 0 Å². The van der Waals surface area contributed by atoms with Crippen LogP contribution in [0.15, 0.2) is 35.0 Å². The van der Waals surface area contributed by atoms with E-state index >= 15 is 0 Å². The molecule has 0 atom stereocenters. The average Bonchev–Trinajstić information content (AvgIpc) is 2.17. The Morgan fingerprint density at radius 2 is 2.20 bits per heavy atom. The summed E-state index contributed by atoms with van der Waals surface area (Å²) in [5.74, 6) is -0.00744. The van der Waals surface area contributed by atoms with E-state index in [4.69, 9.17) is 28.9 Å². The SMILES string of the molecule is NC/C=C(\F)CSc1ccc(Cl)cc1Cl. The van der Waals surface area contributed by atoms with Crippen LogP contribution in [0.1, 0.15) is 0 Å². The Hall–Kier alpha value is -0.220. The van der Waals surface area contributed by atoms with Gasteiger partial charge in [0.15, 0.2) is 0 Å². The lowest BCUT2D eigenvalue weighted by Crippen LogP contribution is -1.95. The fourth-order valence-electron chi connectivity index (χ4n) is 0.926. The Morgan fingerprint density at radius 3 is 2.80 bits per heavy atom. The first-order valence-electron chi connectivity index (χ1n) is 4.26. The quantitative estimate of drug-likeness (QED) is 0.836. The van der Waals surface area contributed by atoms with Crippen molar-refractivity contribution in [2.75, 3.05) is 12.3 Å². The van der Waals surface area contributed by atoms with Crippen LogP contribution in [-0.2, 0) is 0 Å². The maximum absolute atomic E-state index is 13.0. The van der Waals surface area contributed by atoms with Crippen LogP contribution < -0.4 is 5.73 Å². The molecule has 1 rings (SSSR count). The maximum Gasteiger partial charge on any atom is 0.107 e. The van der Waals surface area contributed by atoms with Gasteiger partial charge in [-0.05, 0) is 24.3 Å². The second-order valence-corrected chi connectivity index (χ2v) is 4.61. The predicted molar refractivity (Wildman–Crippen MR) is 65.4 cm³/mol. The zero-order chi connectivity index (χ0) is 11.3. The van der Waals surface area contributed by atoms with E-state index in [9.17, 15) is 4.39 Å². The first-order chi connectivity index (χ1) is 7.13. The molecule has 0 radical (unpaired) electrons. The van der Waals surface area contributed by atoms with E-state index in [-0.39, 0.29) is 18.1 Å². The highest BCUT2D eigenvalue weighted by Gasteiger charge is 2.03. The second-order valence-electron chi connectivity index (χ2n) is 2.75. The van der Waals surface area contributed by atoms with Crippen molar-refractivity contribution in [3.8, 4) is 0 Å². The molecule has 0 unspecified atom stereocenters. The topological polar surface area (TPSA) is 26.0 Å². The molecule has 0 aliphatic carbocycles. The molecule has 1 nitrogen and oxygen atoms in total. The first-order valence-corrected chi connectivity index (χ1v) is 6.00. The lowest BCUT2D eigenvalue weighted by Gasteiger charge is -2.03. The zero-order valence-electron chi connectivity index (χ0n) is 7.84. The number of benzene rings is 1. The largest absolute Gasteiger partial charge is 0.327 e. The highest BCUT2D eigenvalue weighted by Crippen LogP contribution is 2.30. The monoisotopic (exact) mass is 265 g/mol. The molecule has 2 N–H and O–H groups in total. The molecule has 0 aliphatic heterocycles. The Bertz CT molecular complexity index is 368. The molecule has 5 heteroatoms. The molecule has 0 heterocycles. The number of rotatable bonds is 4. The fraction of sp³-hybridized carbons (Fsp3) is 0.200. The maximum atomic E-state index is 13.0. The minimum Gasteiger partial charge on any atom is -0.327 e. The van der Waals surface area contributed by atoms with Gasteiger partial charge in [0.05, 0.1) is 5.02 Å². The lowest BCUT2D eigenvalue weighted by atomic mass is 10.4. The van der Waals surface area contributed by atoms with Gasteiger partial charge in [0.2, 0.25) is 0 Å². The lowest BCUT2D eigenvalue weighted by molar-refractivity contribution is 0.640. The Kier molecular flexibility index (Phi) is 5.47. The molecular weight excluding hydrogens is 256 g/mol. The molecule has 0 saturated carbocycles. The Morgan fingerprint density at radius 1 is 1.47 bits per heavy atom. The number of hydrogen-bond donors (Lipinski definition) is 1. The highest BCUT2D eigenvalue weighted by atomic mass is 35.5. The van der Waals surface area contributed by atoms with E-state index in [2.05, 4.69) is 0 Å². The van der Waals surface area contributed by atoms with Crippen molar-refractivity contribution >= 4 is 35.0 Å². The van der Waals surface area contributed by atoms with E-state index in [1.807, 2.05) is 0 Å². The molecule has 0 aliphatic rings. The molecule has 1 aromatic carbocycles. The summed E-state index contributed by atoms with van der Waals surface area (Å²) in [5, 5.41) is 1.11. The molecule has 15 heavy (non-hydrogen) atoms. The molecule has 0 fully saturated rings. The Balaban J connectivity index is 2.62. The molecular formula is C10H10Cl2FNS.